The summed E-state index contributed by atoms with van der Waals surface area (Å²) in [6, 6.07) is 5.97. The quantitative estimate of drug-likeness (QED) is 0.380. The number of alkyl halides is 2. The number of ether oxygens (including phenoxy) is 1. The van der Waals surface area contributed by atoms with Crippen LogP contribution in [0.15, 0.2) is 48.1 Å². The molecule has 0 amide bonds. The van der Waals surface area contributed by atoms with Gasteiger partial charge in [-0.15, -0.1) is 0 Å². The number of rotatable bonds is 5. The van der Waals surface area contributed by atoms with Gasteiger partial charge in [-0.2, -0.15) is 8.78 Å². The van der Waals surface area contributed by atoms with E-state index in [1.165, 1.54) is 18.2 Å². The molecular formula is C18H18F2N2O3. The van der Waals surface area contributed by atoms with Crippen LogP contribution in [-0.4, -0.2) is 17.3 Å². The van der Waals surface area contributed by atoms with Crippen LogP contribution in [0.3, 0.4) is 0 Å². The Morgan fingerprint density at radius 1 is 1.40 bits per heavy atom. The van der Waals surface area contributed by atoms with Crippen LogP contribution in [0.2, 0.25) is 0 Å². The first-order valence-electron chi connectivity index (χ1n) is 7.73. The van der Waals surface area contributed by atoms with Gasteiger partial charge in [0.1, 0.15) is 5.72 Å². The summed E-state index contributed by atoms with van der Waals surface area (Å²) in [5, 5.41) is 10.6. The van der Waals surface area contributed by atoms with E-state index in [1.807, 2.05) is 6.92 Å². The summed E-state index contributed by atoms with van der Waals surface area (Å²) in [5.41, 5.74) is 5.80. The Hall–Kier alpha value is -2.56. The third kappa shape index (κ3) is 5.21. The van der Waals surface area contributed by atoms with Gasteiger partial charge in [0.15, 0.2) is 0 Å². The molecule has 1 aromatic rings. The predicted molar refractivity (Wildman–Crippen MR) is 89.6 cm³/mol. The summed E-state index contributed by atoms with van der Waals surface area (Å²) in [4.78, 5) is 10.2. The first kappa shape index (κ1) is 18.8. The topological polar surface area (TPSA) is 78.4 Å². The minimum absolute atomic E-state index is 0.00818. The second-order valence-electron chi connectivity index (χ2n) is 5.61. The zero-order chi connectivity index (χ0) is 18.4. The summed E-state index contributed by atoms with van der Waals surface area (Å²) in [7, 11) is 0. The van der Waals surface area contributed by atoms with Crippen molar-refractivity contribution in [2.45, 2.75) is 32.1 Å². The van der Waals surface area contributed by atoms with Gasteiger partial charge in [0.2, 0.25) is 0 Å². The van der Waals surface area contributed by atoms with Crippen LogP contribution in [0, 0.1) is 27.9 Å². The van der Waals surface area contributed by atoms with Crippen molar-refractivity contribution < 1.29 is 18.4 Å². The molecule has 2 atom stereocenters. The van der Waals surface area contributed by atoms with Gasteiger partial charge in [-0.25, -0.2) is 0 Å². The molecule has 2 rings (SSSR count). The van der Waals surface area contributed by atoms with E-state index >= 15 is 0 Å². The van der Waals surface area contributed by atoms with E-state index in [4.69, 9.17) is 5.73 Å². The van der Waals surface area contributed by atoms with E-state index in [-0.39, 0.29) is 18.0 Å². The number of nitrogens with two attached hydrogens (primary N) is 1. The molecule has 0 aromatic heterocycles. The minimum atomic E-state index is -2.94. The fourth-order valence-corrected chi connectivity index (χ4v) is 2.42. The molecule has 0 bridgehead atoms. The van der Waals surface area contributed by atoms with Crippen molar-refractivity contribution in [1.29, 1.82) is 0 Å². The zero-order valence-corrected chi connectivity index (χ0v) is 13.6. The summed E-state index contributed by atoms with van der Waals surface area (Å²) >= 11 is 0. The van der Waals surface area contributed by atoms with Crippen LogP contribution in [-0.2, 0) is 4.74 Å². The molecule has 1 aliphatic carbocycles. The molecule has 0 saturated heterocycles. The van der Waals surface area contributed by atoms with E-state index in [1.54, 1.807) is 24.3 Å². The van der Waals surface area contributed by atoms with Crippen LogP contribution in [0.4, 0.5) is 14.5 Å². The van der Waals surface area contributed by atoms with Crippen molar-refractivity contribution in [2.75, 3.05) is 0 Å². The molecule has 0 spiro atoms. The van der Waals surface area contributed by atoms with Crippen LogP contribution in [0.5, 0.6) is 0 Å². The SMILES string of the molecule is CCC(C#Cc1ccc([N+](=O)[O-])cc1)C1=CCC(N)(OC(F)F)C=C1. The van der Waals surface area contributed by atoms with Crippen molar-refractivity contribution in [3.05, 3.63) is 63.7 Å². The average molecular weight is 348 g/mol. The van der Waals surface area contributed by atoms with Gasteiger partial charge in [-0.3, -0.25) is 20.6 Å². The van der Waals surface area contributed by atoms with Crippen LogP contribution >= 0.6 is 0 Å². The average Bonchev–Trinajstić information content (AvgIpc) is 2.56. The highest BCUT2D eigenvalue weighted by atomic mass is 19.3. The second kappa shape index (κ2) is 8.01. The molecule has 0 aliphatic heterocycles. The first-order valence-corrected chi connectivity index (χ1v) is 7.73. The molecule has 1 aliphatic rings. The Balaban J connectivity index is 2.09. The number of hydrogen-bond donors (Lipinski definition) is 1. The molecule has 0 saturated carbocycles. The highest BCUT2D eigenvalue weighted by molar-refractivity contribution is 5.43. The monoisotopic (exact) mass is 348 g/mol. The third-order valence-electron chi connectivity index (χ3n) is 3.80. The largest absolute Gasteiger partial charge is 0.347 e. The maximum absolute atomic E-state index is 12.4. The lowest BCUT2D eigenvalue weighted by atomic mass is 9.89. The number of benzene rings is 1. The number of halogens is 2. The van der Waals surface area contributed by atoms with Crippen molar-refractivity contribution in [3.63, 3.8) is 0 Å². The maximum Gasteiger partial charge on any atom is 0.347 e. The van der Waals surface area contributed by atoms with Gasteiger partial charge in [-0.05, 0) is 30.2 Å². The number of non-ortho nitro benzene ring substituents is 1. The Bertz CT molecular complexity index is 748. The molecule has 0 radical (unpaired) electrons. The zero-order valence-electron chi connectivity index (χ0n) is 13.6. The number of nitro benzene ring substituents is 1. The number of hydrogen-bond acceptors (Lipinski definition) is 4. The molecule has 5 nitrogen and oxygen atoms in total. The molecule has 0 heterocycles. The van der Waals surface area contributed by atoms with Crippen molar-refractivity contribution >= 4 is 5.69 Å². The van der Waals surface area contributed by atoms with Crippen LogP contribution in [0.1, 0.15) is 25.3 Å². The molecule has 25 heavy (non-hydrogen) atoms. The third-order valence-corrected chi connectivity index (χ3v) is 3.80. The van der Waals surface area contributed by atoms with Gasteiger partial charge in [0, 0.05) is 30.0 Å². The van der Waals surface area contributed by atoms with Gasteiger partial charge in [0.25, 0.3) is 5.69 Å². The van der Waals surface area contributed by atoms with Crippen molar-refractivity contribution in [3.8, 4) is 11.8 Å². The van der Waals surface area contributed by atoms with E-state index < -0.39 is 17.3 Å². The van der Waals surface area contributed by atoms with Gasteiger partial charge < -0.3 is 0 Å². The molecule has 132 valence electrons. The van der Waals surface area contributed by atoms with Gasteiger partial charge in [-0.1, -0.05) is 30.9 Å². The summed E-state index contributed by atoms with van der Waals surface area (Å²) in [6.07, 6.45) is 5.69. The van der Waals surface area contributed by atoms with Crippen LogP contribution in [0.25, 0.3) is 0 Å². The Labute approximate surface area is 144 Å². The Morgan fingerprint density at radius 2 is 2.08 bits per heavy atom. The molecular weight excluding hydrogens is 330 g/mol. The first-order chi connectivity index (χ1) is 11.8. The molecule has 7 heteroatoms. The van der Waals surface area contributed by atoms with Gasteiger partial charge in [0.05, 0.1) is 4.92 Å². The normalized spacial score (nSPS) is 20.6. The van der Waals surface area contributed by atoms with Gasteiger partial charge >= 0.3 is 6.61 Å². The maximum atomic E-state index is 12.4. The van der Waals surface area contributed by atoms with E-state index in [0.29, 0.717) is 5.56 Å². The fraction of sp³-hybridized carbons (Fsp3) is 0.333. The van der Waals surface area contributed by atoms with E-state index in [0.717, 1.165) is 12.0 Å². The smallest absolute Gasteiger partial charge is 0.300 e. The van der Waals surface area contributed by atoms with E-state index in [9.17, 15) is 18.9 Å². The summed E-state index contributed by atoms with van der Waals surface area (Å²) in [5.74, 6) is 5.99. The highest BCUT2D eigenvalue weighted by Gasteiger charge is 2.28. The molecule has 2 N–H and O–H groups in total. The Kier molecular flexibility index (Phi) is 6.02. The number of nitrogens with zero attached hydrogens (tertiary/aromatic N) is 1. The lowest BCUT2D eigenvalue weighted by Crippen LogP contribution is -2.42. The summed E-state index contributed by atoms with van der Waals surface area (Å²) < 4.78 is 29.1. The van der Waals surface area contributed by atoms with Crippen molar-refractivity contribution in [2.24, 2.45) is 11.7 Å². The van der Waals surface area contributed by atoms with Crippen LogP contribution < -0.4 is 5.73 Å². The molecule has 1 aromatic carbocycles. The predicted octanol–water partition coefficient (Wildman–Crippen LogP) is 3.75. The Morgan fingerprint density at radius 3 is 2.56 bits per heavy atom. The minimum Gasteiger partial charge on any atom is -0.300 e. The highest BCUT2D eigenvalue weighted by Crippen LogP contribution is 2.27. The number of nitro groups is 1. The van der Waals surface area contributed by atoms with E-state index in [2.05, 4.69) is 16.6 Å². The van der Waals surface area contributed by atoms with Crippen molar-refractivity contribution in [1.82, 2.24) is 0 Å². The lowest BCUT2D eigenvalue weighted by Gasteiger charge is -2.28. The molecule has 2 unspecified atom stereocenters. The molecule has 0 fully saturated rings. The lowest BCUT2D eigenvalue weighted by molar-refractivity contribution is -0.384. The summed E-state index contributed by atoms with van der Waals surface area (Å²) in [6.45, 7) is -0.974. The second-order valence-corrected chi connectivity index (χ2v) is 5.61. The standard InChI is InChI=1S/C18H18F2N2O3/c1-2-14(6-3-13-4-7-16(8-5-13)22(23)24)15-9-11-18(21,12-10-15)25-17(19)20/h4-5,7-11,14,17H,2,12,21H2,1H3. The fourth-order valence-electron chi connectivity index (χ4n) is 2.42. The number of allylic oxidation sites excluding steroid dienone is 2.